The minimum Gasteiger partial charge on any atom is -0.462 e. The van der Waals surface area contributed by atoms with Crippen molar-refractivity contribution >= 4 is 17.9 Å². The van der Waals surface area contributed by atoms with Crippen LogP contribution in [0.5, 0.6) is 0 Å². The maximum Gasteiger partial charge on any atom is 0.306 e. The molecule has 6 heteroatoms. The zero-order valence-corrected chi connectivity index (χ0v) is 33.8. The molecular weight excluding hydrogens is 649 g/mol. The first-order valence-corrected chi connectivity index (χ1v) is 21.3. The molecule has 0 rings (SSSR count). The van der Waals surface area contributed by atoms with Crippen LogP contribution >= 0.6 is 0 Å². The highest BCUT2D eigenvalue weighted by atomic mass is 16.6. The topological polar surface area (TPSA) is 78.9 Å². The highest BCUT2D eigenvalue weighted by molar-refractivity contribution is 5.71. The molecule has 0 heterocycles. The maximum absolute atomic E-state index is 12.6. The number of hydrogen-bond donors (Lipinski definition) is 0. The summed E-state index contributed by atoms with van der Waals surface area (Å²) in [5.41, 5.74) is 0. The summed E-state index contributed by atoms with van der Waals surface area (Å²) in [5.74, 6) is -0.994. The number of esters is 3. The van der Waals surface area contributed by atoms with Gasteiger partial charge in [-0.2, -0.15) is 0 Å². The lowest BCUT2D eigenvalue weighted by atomic mass is 10.1. The van der Waals surface area contributed by atoms with Crippen LogP contribution in [0.2, 0.25) is 0 Å². The van der Waals surface area contributed by atoms with Gasteiger partial charge in [0.25, 0.3) is 0 Å². The number of carbonyl (C=O) groups excluding carboxylic acids is 3. The summed E-state index contributed by atoms with van der Waals surface area (Å²) in [4.78, 5) is 37.5. The lowest BCUT2D eigenvalue weighted by Crippen LogP contribution is -2.30. The van der Waals surface area contributed by atoms with E-state index in [1.165, 1.54) is 64.2 Å². The van der Waals surface area contributed by atoms with Crippen molar-refractivity contribution in [1.29, 1.82) is 0 Å². The summed E-state index contributed by atoms with van der Waals surface area (Å²) < 4.78 is 16.5. The van der Waals surface area contributed by atoms with Gasteiger partial charge in [0.1, 0.15) is 13.2 Å². The van der Waals surface area contributed by atoms with Gasteiger partial charge in [-0.05, 0) is 96.3 Å². The Labute approximate surface area is 320 Å². The van der Waals surface area contributed by atoms with Crippen LogP contribution in [-0.2, 0) is 28.6 Å². The van der Waals surface area contributed by atoms with Crippen molar-refractivity contribution < 1.29 is 28.6 Å². The highest BCUT2D eigenvalue weighted by Crippen LogP contribution is 2.12. The van der Waals surface area contributed by atoms with Gasteiger partial charge in [-0.15, -0.1) is 0 Å². The van der Waals surface area contributed by atoms with E-state index in [0.29, 0.717) is 19.3 Å². The third-order valence-electron chi connectivity index (χ3n) is 8.74. The van der Waals surface area contributed by atoms with E-state index in [1.54, 1.807) is 0 Å². The van der Waals surface area contributed by atoms with Crippen molar-refractivity contribution in [3.8, 4) is 0 Å². The van der Waals surface area contributed by atoms with Gasteiger partial charge in [0.05, 0.1) is 0 Å². The second-order valence-electron chi connectivity index (χ2n) is 13.8. The van der Waals surface area contributed by atoms with Gasteiger partial charge >= 0.3 is 17.9 Å². The quantitative estimate of drug-likeness (QED) is 0.0274. The van der Waals surface area contributed by atoms with E-state index >= 15 is 0 Å². The summed E-state index contributed by atoms with van der Waals surface area (Å²) in [7, 11) is 0. The molecule has 0 saturated heterocycles. The van der Waals surface area contributed by atoms with Gasteiger partial charge in [0.2, 0.25) is 0 Å². The number of hydrogen-bond acceptors (Lipinski definition) is 6. The Morgan fingerprint density at radius 1 is 0.404 bits per heavy atom. The first kappa shape index (κ1) is 49.1. The molecule has 0 aliphatic rings. The van der Waals surface area contributed by atoms with Crippen molar-refractivity contribution in [2.45, 2.75) is 200 Å². The number of unbranched alkanes of at least 4 members (excludes halogenated alkanes) is 16. The molecule has 0 bridgehead atoms. The van der Waals surface area contributed by atoms with Gasteiger partial charge in [0.15, 0.2) is 6.10 Å². The molecule has 298 valence electrons. The average Bonchev–Trinajstić information content (AvgIpc) is 3.14. The fraction of sp³-hybridized carbons (Fsp3) is 0.717. The lowest BCUT2D eigenvalue weighted by molar-refractivity contribution is -0.167. The Morgan fingerprint density at radius 2 is 0.750 bits per heavy atom. The normalized spacial score (nSPS) is 12.6. The molecule has 1 unspecified atom stereocenters. The predicted octanol–water partition coefficient (Wildman–Crippen LogP) is 13.4. The van der Waals surface area contributed by atoms with Crippen molar-refractivity contribution in [2.75, 3.05) is 13.2 Å². The van der Waals surface area contributed by atoms with Gasteiger partial charge in [-0.25, -0.2) is 0 Å². The minimum atomic E-state index is -0.802. The number of rotatable bonds is 37. The molecule has 0 amide bonds. The molecule has 0 aromatic carbocycles. The van der Waals surface area contributed by atoms with E-state index in [0.717, 1.165) is 83.5 Å². The highest BCUT2D eigenvalue weighted by Gasteiger charge is 2.19. The monoisotopic (exact) mass is 727 g/mol. The molecule has 0 aromatic rings. The Balaban J connectivity index is 4.37. The first-order chi connectivity index (χ1) is 25.5. The predicted molar refractivity (Wildman–Crippen MR) is 219 cm³/mol. The number of allylic oxidation sites excluding steroid dienone is 10. The van der Waals surface area contributed by atoms with Crippen LogP contribution in [0.1, 0.15) is 194 Å². The number of carbonyl (C=O) groups is 3. The molecule has 0 saturated carbocycles. The Kier molecular flexibility index (Phi) is 38.6. The SMILES string of the molecule is CC/C=C\C/C=C\CCCCC(=O)OCC(COC(=O)CCCCCCC/C=C\CCCCCCCCC)OC(=O)CCCC/C=C\C/C=C\CC. The molecule has 1 atom stereocenters. The molecule has 52 heavy (non-hydrogen) atoms. The Hall–Kier alpha value is -2.89. The van der Waals surface area contributed by atoms with E-state index in [1.807, 2.05) is 0 Å². The first-order valence-electron chi connectivity index (χ1n) is 21.3. The smallest absolute Gasteiger partial charge is 0.306 e. The molecule has 0 aromatic heterocycles. The summed E-state index contributed by atoms with van der Waals surface area (Å²) in [5, 5.41) is 0. The van der Waals surface area contributed by atoms with E-state index in [9.17, 15) is 14.4 Å². The lowest BCUT2D eigenvalue weighted by Gasteiger charge is -2.18. The summed E-state index contributed by atoms with van der Waals surface area (Å²) in [6.45, 7) is 6.29. The minimum absolute atomic E-state index is 0.103. The van der Waals surface area contributed by atoms with E-state index in [2.05, 4.69) is 81.5 Å². The maximum atomic E-state index is 12.6. The third kappa shape index (κ3) is 38.3. The average molecular weight is 727 g/mol. The van der Waals surface area contributed by atoms with Crippen LogP contribution in [0.4, 0.5) is 0 Å². The Bertz CT molecular complexity index is 975. The molecular formula is C46H78O6. The van der Waals surface area contributed by atoms with Gasteiger partial charge in [-0.1, -0.05) is 139 Å². The van der Waals surface area contributed by atoms with Crippen molar-refractivity contribution in [3.63, 3.8) is 0 Å². The van der Waals surface area contributed by atoms with Crippen LogP contribution in [0.25, 0.3) is 0 Å². The van der Waals surface area contributed by atoms with Crippen LogP contribution in [0, 0.1) is 0 Å². The molecule has 0 spiro atoms. The van der Waals surface area contributed by atoms with Crippen LogP contribution < -0.4 is 0 Å². The van der Waals surface area contributed by atoms with Gasteiger partial charge in [0, 0.05) is 19.3 Å². The molecule has 0 fully saturated rings. The zero-order chi connectivity index (χ0) is 38.0. The van der Waals surface area contributed by atoms with Crippen molar-refractivity contribution in [1.82, 2.24) is 0 Å². The molecule has 0 aliphatic carbocycles. The van der Waals surface area contributed by atoms with Crippen LogP contribution in [-0.4, -0.2) is 37.2 Å². The fourth-order valence-corrected chi connectivity index (χ4v) is 5.57. The summed E-state index contributed by atoms with van der Waals surface area (Å²) in [6, 6.07) is 0. The number of ether oxygens (including phenoxy) is 3. The van der Waals surface area contributed by atoms with Crippen LogP contribution in [0.15, 0.2) is 60.8 Å². The summed E-state index contributed by atoms with van der Waals surface area (Å²) >= 11 is 0. The molecule has 0 radical (unpaired) electrons. The Morgan fingerprint density at radius 3 is 1.21 bits per heavy atom. The zero-order valence-electron chi connectivity index (χ0n) is 33.8. The van der Waals surface area contributed by atoms with Gasteiger partial charge in [-0.3, -0.25) is 14.4 Å². The summed E-state index contributed by atoms with van der Waals surface area (Å²) in [6.07, 6.45) is 48.0. The second kappa shape index (κ2) is 40.9. The van der Waals surface area contributed by atoms with Gasteiger partial charge < -0.3 is 14.2 Å². The van der Waals surface area contributed by atoms with E-state index in [4.69, 9.17) is 14.2 Å². The fourth-order valence-electron chi connectivity index (χ4n) is 5.57. The van der Waals surface area contributed by atoms with Crippen LogP contribution in [0.3, 0.4) is 0 Å². The molecule has 6 nitrogen and oxygen atoms in total. The van der Waals surface area contributed by atoms with E-state index in [-0.39, 0.29) is 37.5 Å². The third-order valence-corrected chi connectivity index (χ3v) is 8.74. The van der Waals surface area contributed by atoms with Crippen molar-refractivity contribution in [2.24, 2.45) is 0 Å². The molecule has 0 aliphatic heterocycles. The largest absolute Gasteiger partial charge is 0.462 e. The molecule has 0 N–H and O–H groups in total. The standard InChI is InChI=1S/C46H78O6/c1-4-7-10-13-16-19-20-21-22-23-24-25-28-30-33-36-39-45(48)51-42-43(52-46(49)40-37-34-31-27-18-15-12-9-6-3)41-50-44(47)38-35-32-29-26-17-14-11-8-5-2/h8-9,11-12,17-18,22-23,26-27,43H,4-7,10,13-16,19-21,24-25,28-42H2,1-3H3/b11-8-,12-9-,23-22-,26-17-,27-18-. The second-order valence-corrected chi connectivity index (χ2v) is 13.8. The van der Waals surface area contributed by atoms with E-state index < -0.39 is 6.10 Å². The van der Waals surface area contributed by atoms with Crippen molar-refractivity contribution in [3.05, 3.63) is 60.8 Å².